The smallest absolute Gasteiger partial charge is 0.273 e. The Morgan fingerprint density at radius 3 is 2.81 bits per heavy atom. The predicted octanol–water partition coefficient (Wildman–Crippen LogP) is 1.54. The predicted molar refractivity (Wildman–Crippen MR) is 93.4 cm³/mol. The molecule has 1 saturated heterocycles. The van der Waals surface area contributed by atoms with E-state index in [1.165, 1.54) is 11.3 Å². The molecular weight excluding hydrogens is 352 g/mol. The number of benzene rings is 1. The Morgan fingerprint density at radius 1 is 1.19 bits per heavy atom. The third kappa shape index (κ3) is 2.78. The number of nitrogens with one attached hydrogen (secondary N) is 1. The molecule has 8 nitrogen and oxygen atoms in total. The molecule has 2 unspecified atom stereocenters. The standard InChI is InChI=1S/C17H16N6O2S/c24-16(13-7-23(22-19-13)15-11-8-25-9-12(11)15)18-6-14-20-21-17(26-14)10-4-2-1-3-5-10/h1-5,7,11-12,15H,6,8-9H2,(H,18,24). The van der Waals surface area contributed by atoms with Crippen molar-refractivity contribution in [2.75, 3.05) is 13.2 Å². The van der Waals surface area contributed by atoms with Crippen molar-refractivity contribution in [2.45, 2.75) is 12.6 Å². The molecule has 3 heterocycles. The monoisotopic (exact) mass is 368 g/mol. The average Bonchev–Trinajstić information content (AvgIpc) is 3.19. The van der Waals surface area contributed by atoms with Crippen molar-refractivity contribution in [3.8, 4) is 10.6 Å². The van der Waals surface area contributed by atoms with Crippen molar-refractivity contribution in [2.24, 2.45) is 11.8 Å². The number of fused-ring (bicyclic) bond motifs is 1. The summed E-state index contributed by atoms with van der Waals surface area (Å²) in [5.74, 6) is 0.783. The Hall–Kier alpha value is -2.65. The van der Waals surface area contributed by atoms with Crippen LogP contribution in [0, 0.1) is 11.8 Å². The van der Waals surface area contributed by atoms with Crippen LogP contribution in [0.15, 0.2) is 36.5 Å². The zero-order chi connectivity index (χ0) is 17.5. The van der Waals surface area contributed by atoms with Crippen LogP contribution in [-0.4, -0.2) is 44.3 Å². The van der Waals surface area contributed by atoms with Gasteiger partial charge in [-0.25, -0.2) is 4.68 Å². The molecule has 1 saturated carbocycles. The highest BCUT2D eigenvalue weighted by molar-refractivity contribution is 7.14. The van der Waals surface area contributed by atoms with E-state index in [-0.39, 0.29) is 5.91 Å². The molecule has 0 bridgehead atoms. The zero-order valence-electron chi connectivity index (χ0n) is 13.8. The number of carbonyl (C=O) groups is 1. The van der Waals surface area contributed by atoms with Crippen molar-refractivity contribution in [3.63, 3.8) is 0 Å². The van der Waals surface area contributed by atoms with E-state index in [0.717, 1.165) is 28.8 Å². The van der Waals surface area contributed by atoms with Gasteiger partial charge in [0.2, 0.25) is 0 Å². The molecule has 1 aliphatic carbocycles. The third-order valence-corrected chi connectivity index (χ3v) is 5.82. The van der Waals surface area contributed by atoms with Crippen molar-refractivity contribution in [1.82, 2.24) is 30.5 Å². The van der Waals surface area contributed by atoms with Gasteiger partial charge in [-0.1, -0.05) is 46.9 Å². The van der Waals surface area contributed by atoms with Crippen LogP contribution in [0.3, 0.4) is 0 Å². The lowest BCUT2D eigenvalue weighted by Crippen LogP contribution is -2.23. The van der Waals surface area contributed by atoms with Crippen LogP contribution in [0.25, 0.3) is 10.6 Å². The maximum atomic E-state index is 12.3. The number of amides is 1. The first-order valence-electron chi connectivity index (χ1n) is 8.45. The highest BCUT2D eigenvalue weighted by Gasteiger charge is 2.56. The highest BCUT2D eigenvalue weighted by Crippen LogP contribution is 2.53. The summed E-state index contributed by atoms with van der Waals surface area (Å²) in [6.45, 7) is 1.87. The number of hydrogen-bond donors (Lipinski definition) is 1. The quantitative estimate of drug-likeness (QED) is 0.734. The average molecular weight is 368 g/mol. The van der Waals surface area contributed by atoms with Crippen LogP contribution in [0.2, 0.25) is 0 Å². The summed E-state index contributed by atoms with van der Waals surface area (Å²) in [7, 11) is 0. The largest absolute Gasteiger partial charge is 0.381 e. The second kappa shape index (κ2) is 6.26. The van der Waals surface area contributed by atoms with Gasteiger partial charge < -0.3 is 10.1 Å². The number of hydrogen-bond acceptors (Lipinski definition) is 7. The lowest BCUT2D eigenvalue weighted by atomic mass is 10.2. The molecule has 2 fully saturated rings. The van der Waals surface area contributed by atoms with E-state index < -0.39 is 0 Å². The van der Waals surface area contributed by atoms with Crippen LogP contribution in [-0.2, 0) is 11.3 Å². The molecule has 3 aromatic rings. The summed E-state index contributed by atoms with van der Waals surface area (Å²) in [6, 6.07) is 10.2. The maximum absolute atomic E-state index is 12.3. The fraction of sp³-hybridized carbons (Fsp3) is 0.353. The number of ether oxygens (including phenoxy) is 1. The van der Waals surface area contributed by atoms with E-state index in [0.29, 0.717) is 30.1 Å². The van der Waals surface area contributed by atoms with Crippen LogP contribution >= 0.6 is 11.3 Å². The fourth-order valence-corrected chi connectivity index (χ4v) is 4.18. The maximum Gasteiger partial charge on any atom is 0.273 e. The molecule has 9 heteroatoms. The molecule has 5 rings (SSSR count). The lowest BCUT2D eigenvalue weighted by molar-refractivity contribution is 0.0945. The molecule has 132 valence electrons. The Kier molecular flexibility index (Phi) is 3.75. The molecule has 0 radical (unpaired) electrons. The molecule has 1 N–H and O–H groups in total. The van der Waals surface area contributed by atoms with Crippen molar-refractivity contribution >= 4 is 17.2 Å². The van der Waals surface area contributed by atoms with Gasteiger partial charge in [-0.2, -0.15) is 0 Å². The summed E-state index contributed by atoms with van der Waals surface area (Å²) in [5, 5.41) is 20.8. The Bertz CT molecular complexity index is 930. The van der Waals surface area contributed by atoms with Crippen molar-refractivity contribution in [1.29, 1.82) is 0 Å². The van der Waals surface area contributed by atoms with E-state index >= 15 is 0 Å². The van der Waals surface area contributed by atoms with E-state index in [4.69, 9.17) is 4.74 Å². The Balaban J connectivity index is 1.20. The molecule has 2 aliphatic rings. The van der Waals surface area contributed by atoms with Crippen LogP contribution in [0.4, 0.5) is 0 Å². The Morgan fingerprint density at radius 2 is 2.00 bits per heavy atom. The molecule has 2 aromatic heterocycles. The van der Waals surface area contributed by atoms with Gasteiger partial charge in [0.05, 0.1) is 32.0 Å². The first kappa shape index (κ1) is 15.6. The lowest BCUT2D eigenvalue weighted by Gasteiger charge is -2.02. The number of aromatic nitrogens is 5. The van der Waals surface area contributed by atoms with Crippen LogP contribution in [0.1, 0.15) is 21.5 Å². The number of carbonyl (C=O) groups excluding carboxylic acids is 1. The summed E-state index contributed by atoms with van der Waals surface area (Å²) >= 11 is 1.46. The van der Waals surface area contributed by atoms with Gasteiger partial charge in [-0.05, 0) is 0 Å². The fourth-order valence-electron chi connectivity index (χ4n) is 3.40. The molecule has 1 aromatic carbocycles. The van der Waals surface area contributed by atoms with Crippen LogP contribution in [0.5, 0.6) is 0 Å². The first-order chi connectivity index (χ1) is 12.8. The highest BCUT2D eigenvalue weighted by atomic mass is 32.1. The minimum atomic E-state index is -0.255. The minimum absolute atomic E-state index is 0.255. The molecule has 26 heavy (non-hydrogen) atoms. The van der Waals surface area contributed by atoms with Gasteiger partial charge in [0.25, 0.3) is 5.91 Å². The summed E-state index contributed by atoms with van der Waals surface area (Å²) < 4.78 is 7.18. The number of rotatable bonds is 5. The summed E-state index contributed by atoms with van der Waals surface area (Å²) in [5.41, 5.74) is 1.34. The summed E-state index contributed by atoms with van der Waals surface area (Å²) in [6.07, 6.45) is 1.72. The topological polar surface area (TPSA) is 94.8 Å². The molecule has 1 aliphatic heterocycles. The second-order valence-electron chi connectivity index (χ2n) is 6.49. The third-order valence-electron chi connectivity index (χ3n) is 4.84. The SMILES string of the molecule is O=C(NCc1nnc(-c2ccccc2)s1)c1cn(C2C3COCC32)nn1. The second-order valence-corrected chi connectivity index (χ2v) is 7.55. The van der Waals surface area contributed by atoms with E-state index in [9.17, 15) is 4.79 Å². The van der Waals surface area contributed by atoms with Gasteiger partial charge in [-0.15, -0.1) is 15.3 Å². The van der Waals surface area contributed by atoms with Gasteiger partial charge in [0, 0.05) is 17.4 Å². The van der Waals surface area contributed by atoms with Gasteiger partial charge >= 0.3 is 0 Å². The molecule has 0 spiro atoms. The zero-order valence-corrected chi connectivity index (χ0v) is 14.6. The van der Waals surface area contributed by atoms with E-state index in [1.807, 2.05) is 30.3 Å². The normalized spacial score (nSPS) is 23.6. The van der Waals surface area contributed by atoms with Crippen LogP contribution < -0.4 is 5.32 Å². The van der Waals surface area contributed by atoms with E-state index in [1.54, 1.807) is 10.9 Å². The first-order valence-corrected chi connectivity index (χ1v) is 9.27. The number of nitrogens with zero attached hydrogens (tertiary/aromatic N) is 5. The molecular formula is C17H16N6O2S. The van der Waals surface area contributed by atoms with Crippen molar-refractivity contribution < 1.29 is 9.53 Å². The molecule has 2 atom stereocenters. The van der Waals surface area contributed by atoms with E-state index in [2.05, 4.69) is 25.8 Å². The van der Waals surface area contributed by atoms with Gasteiger partial charge in [-0.3, -0.25) is 4.79 Å². The molecule has 1 amide bonds. The van der Waals surface area contributed by atoms with Gasteiger partial charge in [0.1, 0.15) is 10.0 Å². The van der Waals surface area contributed by atoms with Crippen molar-refractivity contribution in [3.05, 3.63) is 47.2 Å². The summed E-state index contributed by atoms with van der Waals surface area (Å²) in [4.78, 5) is 12.3. The Labute approximate surface area is 153 Å². The minimum Gasteiger partial charge on any atom is -0.381 e. The van der Waals surface area contributed by atoms with Gasteiger partial charge in [0.15, 0.2) is 5.69 Å².